The Labute approximate surface area is 143 Å². The predicted molar refractivity (Wildman–Crippen MR) is 96.5 cm³/mol. The first-order valence-electron chi connectivity index (χ1n) is 6.48. The molecule has 0 spiro atoms. The lowest BCUT2D eigenvalue weighted by Gasteiger charge is -2.13. The Kier molecular flexibility index (Phi) is 6.51. The molecule has 1 N–H and O–H groups in total. The van der Waals surface area contributed by atoms with Gasteiger partial charge in [-0.25, -0.2) is 0 Å². The van der Waals surface area contributed by atoms with E-state index in [9.17, 15) is 4.55 Å². The Hall–Kier alpha value is -1.27. The predicted octanol–water partition coefficient (Wildman–Crippen LogP) is 4.68. The summed E-state index contributed by atoms with van der Waals surface area (Å²) in [6, 6.07) is 5.22. The average Bonchev–Trinajstić information content (AvgIpc) is 2.57. The van der Waals surface area contributed by atoms with Crippen molar-refractivity contribution in [2.24, 2.45) is 0 Å². The summed E-state index contributed by atoms with van der Waals surface area (Å²) in [5.74, 6) is 0. The van der Waals surface area contributed by atoms with Gasteiger partial charge in [0.2, 0.25) is 0 Å². The first-order valence-corrected chi connectivity index (χ1v) is 9.24. The van der Waals surface area contributed by atoms with Crippen LogP contribution in [0.3, 0.4) is 0 Å². The second-order valence-electron chi connectivity index (χ2n) is 4.44. The minimum Gasteiger partial charge on any atom is -0.612 e. The molecule has 0 saturated carbocycles. The van der Waals surface area contributed by atoms with E-state index in [1.54, 1.807) is 24.5 Å². The van der Waals surface area contributed by atoms with Gasteiger partial charge in [0.15, 0.2) is 9.99 Å². The molecule has 0 radical (unpaired) electrons. The highest BCUT2D eigenvalue weighted by molar-refractivity contribution is 8.04. The number of halogens is 1. The molecule has 1 aliphatic heterocycles. The maximum absolute atomic E-state index is 11.8. The highest BCUT2D eigenvalue weighted by atomic mass is 35.5. The van der Waals surface area contributed by atoms with E-state index in [2.05, 4.69) is 11.3 Å². The highest BCUT2D eigenvalue weighted by Gasteiger charge is 2.13. The number of hydrogen-bond acceptors (Lipinski definition) is 4. The molecule has 1 aromatic rings. The second-order valence-corrected chi connectivity index (χ2v) is 7.03. The van der Waals surface area contributed by atoms with Crippen LogP contribution in [0.1, 0.15) is 0 Å². The van der Waals surface area contributed by atoms with Crippen molar-refractivity contribution in [1.29, 1.82) is 0 Å². The molecule has 116 valence electrons. The maximum Gasteiger partial charge on any atom is 0.176 e. The zero-order chi connectivity index (χ0) is 15.9. The van der Waals surface area contributed by atoms with Crippen LogP contribution < -0.4 is 4.72 Å². The fraction of sp³-hybridized carbons (Fsp3) is 0.125. The van der Waals surface area contributed by atoms with E-state index in [4.69, 9.17) is 16.3 Å². The molecular formula is C16H16ClNO2S2. The summed E-state index contributed by atoms with van der Waals surface area (Å²) < 4.78 is 20.6. The van der Waals surface area contributed by atoms with Gasteiger partial charge in [-0.15, -0.1) is 0 Å². The third-order valence-corrected chi connectivity index (χ3v) is 4.66. The lowest BCUT2D eigenvalue weighted by atomic mass is 10.3. The Morgan fingerprint density at radius 3 is 3.00 bits per heavy atom. The number of hydrogen-bond donors (Lipinski definition) is 1. The molecule has 0 bridgehead atoms. The molecule has 0 saturated heterocycles. The largest absolute Gasteiger partial charge is 0.612 e. The summed E-state index contributed by atoms with van der Waals surface area (Å²) in [5, 5.41) is 1.26. The number of rotatable bonds is 4. The van der Waals surface area contributed by atoms with Crippen molar-refractivity contribution in [3.63, 3.8) is 0 Å². The molecule has 0 aliphatic carbocycles. The number of anilines is 1. The summed E-state index contributed by atoms with van der Waals surface area (Å²) in [6.07, 6.45) is 11.1. The van der Waals surface area contributed by atoms with Crippen LogP contribution in [0.2, 0.25) is 5.02 Å². The Morgan fingerprint density at radius 1 is 1.41 bits per heavy atom. The SMILES string of the molecule is C=C1/C=C\C=C/CO/C(SNc2cc(Cl)ccc2[S+](C)[O-])=C\1. The third-order valence-electron chi connectivity index (χ3n) is 2.70. The van der Waals surface area contributed by atoms with E-state index in [-0.39, 0.29) is 0 Å². The molecule has 1 unspecified atom stereocenters. The number of benzene rings is 1. The van der Waals surface area contributed by atoms with Gasteiger partial charge >= 0.3 is 0 Å². The minimum atomic E-state index is -1.11. The van der Waals surface area contributed by atoms with Crippen LogP contribution in [0.25, 0.3) is 0 Å². The monoisotopic (exact) mass is 353 g/mol. The van der Waals surface area contributed by atoms with Crippen molar-refractivity contribution in [2.75, 3.05) is 17.6 Å². The first-order chi connectivity index (χ1) is 10.6. The van der Waals surface area contributed by atoms with Gasteiger partial charge in [-0.3, -0.25) is 0 Å². The van der Waals surface area contributed by atoms with E-state index in [1.165, 1.54) is 11.9 Å². The molecule has 0 fully saturated rings. The average molecular weight is 354 g/mol. The quantitative estimate of drug-likeness (QED) is 0.630. The van der Waals surface area contributed by atoms with Crippen LogP contribution in [0.5, 0.6) is 0 Å². The standard InChI is InChI=1S/C16H16ClNO2S2/c1-12-6-4-3-5-9-20-16(10-12)21-18-14-11-13(17)7-8-15(14)22(2)19/h3-8,10-11,18H,1,9H2,2H3/b5-3-,6-4-,16-10+. The van der Waals surface area contributed by atoms with Gasteiger partial charge in [-0.2, -0.15) is 0 Å². The fourth-order valence-corrected chi connectivity index (χ4v) is 3.31. The summed E-state index contributed by atoms with van der Waals surface area (Å²) >= 11 is 6.20. The van der Waals surface area contributed by atoms with Crippen molar-refractivity contribution in [2.45, 2.75) is 4.90 Å². The van der Waals surface area contributed by atoms with Crippen LogP contribution in [0.15, 0.2) is 70.7 Å². The van der Waals surface area contributed by atoms with E-state index in [1.807, 2.05) is 30.4 Å². The van der Waals surface area contributed by atoms with Crippen molar-refractivity contribution in [3.8, 4) is 0 Å². The normalized spacial score (nSPS) is 21.4. The van der Waals surface area contributed by atoms with Gasteiger partial charge in [-0.1, -0.05) is 36.4 Å². The summed E-state index contributed by atoms with van der Waals surface area (Å²) in [5.41, 5.74) is 1.54. The molecule has 1 heterocycles. The van der Waals surface area contributed by atoms with Gasteiger partial charge in [-0.05, 0) is 47.1 Å². The first kappa shape index (κ1) is 17.1. The van der Waals surface area contributed by atoms with Crippen LogP contribution in [-0.4, -0.2) is 17.4 Å². The Balaban J connectivity index is 2.13. The third kappa shape index (κ3) is 5.18. The Morgan fingerprint density at radius 2 is 2.23 bits per heavy atom. The van der Waals surface area contributed by atoms with Gasteiger partial charge < -0.3 is 14.0 Å². The number of nitrogens with one attached hydrogen (secondary N) is 1. The van der Waals surface area contributed by atoms with Crippen molar-refractivity contribution < 1.29 is 9.29 Å². The van der Waals surface area contributed by atoms with Crippen LogP contribution in [0.4, 0.5) is 5.69 Å². The summed E-state index contributed by atoms with van der Waals surface area (Å²) in [6.45, 7) is 4.41. The van der Waals surface area contributed by atoms with Crippen LogP contribution >= 0.6 is 23.5 Å². The number of allylic oxidation sites excluding steroid dienone is 5. The zero-order valence-corrected chi connectivity index (χ0v) is 14.4. The second kappa shape index (κ2) is 8.39. The van der Waals surface area contributed by atoms with E-state index >= 15 is 0 Å². The fourth-order valence-electron chi connectivity index (χ4n) is 1.68. The van der Waals surface area contributed by atoms with E-state index in [0.717, 1.165) is 5.57 Å². The molecule has 1 atom stereocenters. The van der Waals surface area contributed by atoms with Gasteiger partial charge in [0.1, 0.15) is 18.6 Å². The maximum atomic E-state index is 11.8. The molecule has 0 amide bonds. The van der Waals surface area contributed by atoms with Gasteiger partial charge in [0.25, 0.3) is 0 Å². The van der Waals surface area contributed by atoms with Crippen molar-refractivity contribution >= 4 is 40.4 Å². The summed E-state index contributed by atoms with van der Waals surface area (Å²) in [4.78, 5) is 0.694. The Bertz CT molecular complexity index is 639. The smallest absolute Gasteiger partial charge is 0.176 e. The van der Waals surface area contributed by atoms with Crippen LogP contribution in [-0.2, 0) is 15.9 Å². The molecule has 22 heavy (non-hydrogen) atoms. The molecular weight excluding hydrogens is 338 g/mol. The number of ether oxygens (including phenoxy) is 1. The minimum absolute atomic E-state index is 0.472. The van der Waals surface area contributed by atoms with E-state index in [0.29, 0.717) is 27.3 Å². The molecule has 3 nitrogen and oxygen atoms in total. The lowest BCUT2D eigenvalue weighted by molar-refractivity contribution is 0.278. The summed E-state index contributed by atoms with van der Waals surface area (Å²) in [7, 11) is 0. The highest BCUT2D eigenvalue weighted by Crippen LogP contribution is 2.30. The molecule has 1 aromatic carbocycles. The van der Waals surface area contributed by atoms with Crippen molar-refractivity contribution in [1.82, 2.24) is 0 Å². The molecule has 1 aliphatic rings. The molecule has 2 rings (SSSR count). The van der Waals surface area contributed by atoms with Gasteiger partial charge in [0.05, 0.1) is 0 Å². The van der Waals surface area contributed by atoms with Gasteiger partial charge in [0, 0.05) is 17.0 Å². The molecule has 0 aromatic heterocycles. The molecule has 6 heteroatoms. The van der Waals surface area contributed by atoms with Crippen molar-refractivity contribution in [3.05, 3.63) is 70.8 Å². The zero-order valence-electron chi connectivity index (χ0n) is 12.0. The van der Waals surface area contributed by atoms with Crippen LogP contribution in [0, 0.1) is 0 Å². The lowest BCUT2D eigenvalue weighted by Crippen LogP contribution is -2.02. The van der Waals surface area contributed by atoms with E-state index < -0.39 is 11.2 Å². The topological polar surface area (TPSA) is 44.3 Å².